The second-order valence-corrected chi connectivity index (χ2v) is 9.40. The summed E-state index contributed by atoms with van der Waals surface area (Å²) in [6.45, 7) is 16.2. The summed E-state index contributed by atoms with van der Waals surface area (Å²) in [5.41, 5.74) is 0.979. The van der Waals surface area contributed by atoms with E-state index < -0.39 is 0 Å². The van der Waals surface area contributed by atoms with Crippen LogP contribution in [0.15, 0.2) is 40.1 Å². The number of furan rings is 1. The van der Waals surface area contributed by atoms with Crippen LogP contribution in [0.3, 0.4) is 0 Å². The summed E-state index contributed by atoms with van der Waals surface area (Å²) < 4.78 is 7.66. The minimum atomic E-state index is 0.0832. The van der Waals surface area contributed by atoms with Crippen molar-refractivity contribution in [3.05, 3.63) is 36.3 Å². The molecule has 0 aromatic carbocycles. The van der Waals surface area contributed by atoms with Crippen molar-refractivity contribution in [1.29, 1.82) is 0 Å². The summed E-state index contributed by atoms with van der Waals surface area (Å²) in [5, 5.41) is 9.70. The van der Waals surface area contributed by atoms with Crippen molar-refractivity contribution in [3.63, 3.8) is 0 Å². The first kappa shape index (κ1) is 22.5. The Balaban J connectivity index is 1.79. The van der Waals surface area contributed by atoms with Crippen LogP contribution in [0.4, 0.5) is 5.95 Å². The Kier molecular flexibility index (Phi) is 7.64. The molecule has 0 saturated carbocycles. The second kappa shape index (κ2) is 10.2. The van der Waals surface area contributed by atoms with Gasteiger partial charge in [-0.05, 0) is 44.2 Å². The number of aromatic nitrogens is 3. The van der Waals surface area contributed by atoms with Crippen LogP contribution in [0.25, 0.3) is 0 Å². The van der Waals surface area contributed by atoms with Gasteiger partial charge >= 0.3 is 0 Å². The Hall–Kier alpha value is -2.22. The van der Waals surface area contributed by atoms with Crippen LogP contribution in [0.1, 0.15) is 39.9 Å². The molecular weight excluding hydrogens is 398 g/mol. The van der Waals surface area contributed by atoms with Crippen LogP contribution in [0, 0.1) is 11.8 Å². The zero-order chi connectivity index (χ0) is 21.7. The molecule has 7 nitrogen and oxygen atoms in total. The van der Waals surface area contributed by atoms with Crippen LogP contribution in [-0.2, 0) is 11.3 Å². The van der Waals surface area contributed by atoms with Gasteiger partial charge in [0, 0.05) is 26.2 Å². The maximum atomic E-state index is 12.7. The average Bonchev–Trinajstić information content (AvgIpc) is 3.33. The molecule has 0 N–H and O–H groups in total. The third-order valence-electron chi connectivity index (χ3n) is 5.26. The molecule has 1 aliphatic rings. The lowest BCUT2D eigenvalue weighted by molar-refractivity contribution is -0.127. The van der Waals surface area contributed by atoms with Gasteiger partial charge < -0.3 is 14.2 Å². The first-order valence-electron chi connectivity index (χ1n) is 10.6. The summed E-state index contributed by atoms with van der Waals surface area (Å²) in [5.74, 6) is 3.33. The molecule has 1 aliphatic heterocycles. The molecule has 1 fully saturated rings. The van der Waals surface area contributed by atoms with E-state index in [4.69, 9.17) is 4.42 Å². The fourth-order valence-corrected chi connectivity index (χ4v) is 4.90. The predicted molar refractivity (Wildman–Crippen MR) is 121 cm³/mol. The molecule has 30 heavy (non-hydrogen) atoms. The SMILES string of the molecule is C=C(C)CN(CC)C(=O)CSc1nnc(N2CC(C)CC(C)C2)n1Cc1ccco1. The minimum absolute atomic E-state index is 0.0832. The summed E-state index contributed by atoms with van der Waals surface area (Å²) in [4.78, 5) is 16.8. The molecule has 1 amide bonds. The van der Waals surface area contributed by atoms with Crippen LogP contribution in [0.5, 0.6) is 0 Å². The van der Waals surface area contributed by atoms with E-state index in [0.717, 1.165) is 35.5 Å². The Labute approximate surface area is 183 Å². The third-order valence-corrected chi connectivity index (χ3v) is 6.21. The van der Waals surface area contributed by atoms with Crippen LogP contribution in [-0.4, -0.2) is 57.5 Å². The smallest absolute Gasteiger partial charge is 0.233 e. The third kappa shape index (κ3) is 5.68. The largest absolute Gasteiger partial charge is 0.467 e. The van der Waals surface area contributed by atoms with Gasteiger partial charge in [-0.1, -0.05) is 37.8 Å². The van der Waals surface area contributed by atoms with E-state index in [1.807, 2.05) is 30.9 Å². The van der Waals surface area contributed by atoms with Gasteiger partial charge in [0.15, 0.2) is 5.16 Å². The summed E-state index contributed by atoms with van der Waals surface area (Å²) in [6, 6.07) is 3.84. The molecule has 0 spiro atoms. The average molecular weight is 432 g/mol. The van der Waals surface area contributed by atoms with Gasteiger partial charge in [-0.25, -0.2) is 0 Å². The van der Waals surface area contributed by atoms with Crippen molar-refractivity contribution in [3.8, 4) is 0 Å². The molecule has 0 bridgehead atoms. The summed E-state index contributed by atoms with van der Waals surface area (Å²) in [7, 11) is 0. The first-order valence-corrected chi connectivity index (χ1v) is 11.6. The van der Waals surface area contributed by atoms with E-state index in [0.29, 0.717) is 37.2 Å². The molecule has 3 heterocycles. The highest BCUT2D eigenvalue weighted by molar-refractivity contribution is 7.99. The number of hydrogen-bond donors (Lipinski definition) is 0. The van der Waals surface area contributed by atoms with Crippen LogP contribution in [0.2, 0.25) is 0 Å². The highest BCUT2D eigenvalue weighted by atomic mass is 32.2. The normalized spacial score (nSPS) is 19.1. The molecule has 0 radical (unpaired) electrons. The Bertz CT molecular complexity index is 838. The number of carbonyl (C=O) groups excluding carboxylic acids is 1. The fraction of sp³-hybridized carbons (Fsp3) is 0.591. The number of carbonyl (C=O) groups is 1. The summed E-state index contributed by atoms with van der Waals surface area (Å²) >= 11 is 1.43. The molecule has 2 aromatic heterocycles. The van der Waals surface area contributed by atoms with Gasteiger partial charge in [-0.2, -0.15) is 0 Å². The molecule has 1 saturated heterocycles. The number of amides is 1. The second-order valence-electron chi connectivity index (χ2n) is 8.45. The van der Waals surface area contributed by atoms with Crippen molar-refractivity contribution >= 4 is 23.6 Å². The molecule has 2 atom stereocenters. The topological polar surface area (TPSA) is 67.4 Å². The highest BCUT2D eigenvalue weighted by Gasteiger charge is 2.27. The number of nitrogens with zero attached hydrogens (tertiary/aromatic N) is 5. The number of thioether (sulfide) groups is 1. The number of piperidine rings is 1. The van der Waals surface area contributed by atoms with E-state index >= 15 is 0 Å². The van der Waals surface area contributed by atoms with Crippen molar-refractivity contribution in [2.45, 2.75) is 45.8 Å². The van der Waals surface area contributed by atoms with Crippen molar-refractivity contribution in [2.24, 2.45) is 11.8 Å². The van der Waals surface area contributed by atoms with Crippen molar-refractivity contribution in [1.82, 2.24) is 19.7 Å². The molecule has 0 aliphatic carbocycles. The van der Waals surface area contributed by atoms with E-state index in [9.17, 15) is 4.79 Å². The maximum absolute atomic E-state index is 12.7. The predicted octanol–water partition coefficient (Wildman–Crippen LogP) is 3.92. The molecule has 2 unspecified atom stereocenters. The number of rotatable bonds is 9. The van der Waals surface area contributed by atoms with E-state index in [1.165, 1.54) is 18.2 Å². The van der Waals surface area contributed by atoms with Gasteiger partial charge in [0.05, 0.1) is 18.6 Å². The van der Waals surface area contributed by atoms with Crippen molar-refractivity contribution in [2.75, 3.05) is 36.8 Å². The molecule has 3 rings (SSSR count). The molecule has 164 valence electrons. The lowest BCUT2D eigenvalue weighted by Gasteiger charge is -2.35. The molecular formula is C22H33N5O2S. The monoisotopic (exact) mass is 431 g/mol. The zero-order valence-electron chi connectivity index (χ0n) is 18.5. The molecule has 2 aromatic rings. The lowest BCUT2D eigenvalue weighted by Crippen LogP contribution is -2.40. The van der Waals surface area contributed by atoms with Crippen LogP contribution < -0.4 is 4.90 Å². The maximum Gasteiger partial charge on any atom is 0.233 e. The van der Waals surface area contributed by atoms with Crippen molar-refractivity contribution < 1.29 is 9.21 Å². The van der Waals surface area contributed by atoms with Crippen LogP contribution >= 0.6 is 11.8 Å². The Morgan fingerprint density at radius 2 is 2.07 bits per heavy atom. The fourth-order valence-electron chi connectivity index (χ4n) is 4.06. The summed E-state index contributed by atoms with van der Waals surface area (Å²) in [6.07, 6.45) is 2.91. The zero-order valence-corrected chi connectivity index (χ0v) is 19.3. The lowest BCUT2D eigenvalue weighted by atomic mass is 9.92. The van der Waals surface area contributed by atoms with E-state index in [1.54, 1.807) is 6.26 Å². The standard InChI is InChI=1S/C22H33N5O2S/c1-6-25(11-16(2)3)20(28)15-30-22-24-23-21(26-12-17(4)10-18(5)13-26)27(22)14-19-8-7-9-29-19/h7-9,17-18H,2,6,10-15H2,1,3-5H3. The minimum Gasteiger partial charge on any atom is -0.467 e. The highest BCUT2D eigenvalue weighted by Crippen LogP contribution is 2.29. The van der Waals surface area contributed by atoms with Gasteiger partial charge in [0.1, 0.15) is 5.76 Å². The van der Waals surface area contributed by atoms with Gasteiger partial charge in [-0.15, -0.1) is 10.2 Å². The molecule has 8 heteroatoms. The Morgan fingerprint density at radius 3 is 2.67 bits per heavy atom. The van der Waals surface area contributed by atoms with E-state index in [2.05, 4.69) is 40.1 Å². The number of anilines is 1. The first-order chi connectivity index (χ1) is 14.4. The number of hydrogen-bond acceptors (Lipinski definition) is 6. The quantitative estimate of drug-likeness (QED) is 0.443. The number of likely N-dealkylation sites (N-methyl/N-ethyl adjacent to an activating group) is 1. The van der Waals surface area contributed by atoms with E-state index in [-0.39, 0.29) is 5.91 Å². The van der Waals surface area contributed by atoms with Gasteiger partial charge in [0.25, 0.3) is 0 Å². The van der Waals surface area contributed by atoms with Gasteiger partial charge in [0.2, 0.25) is 11.9 Å². The van der Waals surface area contributed by atoms with Gasteiger partial charge in [-0.3, -0.25) is 9.36 Å². The Morgan fingerprint density at radius 1 is 1.33 bits per heavy atom.